The Labute approximate surface area is 120 Å². The van der Waals surface area contributed by atoms with Gasteiger partial charge in [-0.25, -0.2) is 0 Å². The average Bonchev–Trinajstić information content (AvgIpc) is 2.45. The summed E-state index contributed by atoms with van der Waals surface area (Å²) in [6.45, 7) is 2.46. The summed E-state index contributed by atoms with van der Waals surface area (Å²) in [4.78, 5) is 0. The highest BCUT2D eigenvalue weighted by Crippen LogP contribution is 2.32. The maximum absolute atomic E-state index is 12.7. The molecule has 1 aliphatic carbocycles. The first-order valence-electron chi connectivity index (χ1n) is 7.92. The van der Waals surface area contributed by atoms with E-state index in [2.05, 4.69) is 22.5 Å². The molecule has 1 heterocycles. The van der Waals surface area contributed by atoms with Crippen LogP contribution in [0.5, 0.6) is 0 Å². The molecule has 0 saturated carbocycles. The number of ether oxygens (including phenoxy) is 2. The standard InChI is InChI=1S/C16H26F2O2/c1-2-3-4-13-5-7-14(8-6-13)9-10-15-11-19-16(17,18)20-12-15/h7,13,15H,2-6,8-12H2,1H3. The maximum Gasteiger partial charge on any atom is 0.485 e. The molecular weight excluding hydrogens is 262 g/mol. The average molecular weight is 288 g/mol. The first-order chi connectivity index (χ1) is 9.59. The van der Waals surface area contributed by atoms with E-state index in [4.69, 9.17) is 0 Å². The molecular formula is C16H26F2O2. The lowest BCUT2D eigenvalue weighted by Crippen LogP contribution is -2.37. The third-order valence-corrected chi connectivity index (χ3v) is 4.43. The molecule has 0 amide bonds. The van der Waals surface area contributed by atoms with E-state index in [0.29, 0.717) is 0 Å². The third kappa shape index (κ3) is 5.13. The van der Waals surface area contributed by atoms with Crippen LogP contribution in [0.1, 0.15) is 58.3 Å². The summed E-state index contributed by atoms with van der Waals surface area (Å²) in [7, 11) is 0. The molecule has 1 atom stereocenters. The maximum atomic E-state index is 12.7. The minimum absolute atomic E-state index is 0.105. The smallest absolute Gasteiger partial charge is 0.295 e. The van der Waals surface area contributed by atoms with Gasteiger partial charge in [0.2, 0.25) is 0 Å². The monoisotopic (exact) mass is 288 g/mol. The van der Waals surface area contributed by atoms with Crippen LogP contribution < -0.4 is 0 Å². The van der Waals surface area contributed by atoms with Gasteiger partial charge in [0.15, 0.2) is 0 Å². The van der Waals surface area contributed by atoms with E-state index in [0.717, 1.165) is 18.8 Å². The Morgan fingerprint density at radius 1 is 1.20 bits per heavy atom. The molecule has 2 nitrogen and oxygen atoms in total. The zero-order chi connectivity index (χ0) is 14.4. The van der Waals surface area contributed by atoms with Crippen molar-refractivity contribution in [2.75, 3.05) is 13.2 Å². The molecule has 0 bridgehead atoms. The van der Waals surface area contributed by atoms with Gasteiger partial charge < -0.3 is 0 Å². The number of allylic oxidation sites excluding steroid dienone is 2. The van der Waals surface area contributed by atoms with Gasteiger partial charge in [0.1, 0.15) is 0 Å². The summed E-state index contributed by atoms with van der Waals surface area (Å²) < 4.78 is 34.1. The molecule has 0 aromatic heterocycles. The van der Waals surface area contributed by atoms with Crippen molar-refractivity contribution in [3.63, 3.8) is 0 Å². The Balaban J connectivity index is 1.64. The van der Waals surface area contributed by atoms with Gasteiger partial charge in [-0.1, -0.05) is 37.8 Å². The van der Waals surface area contributed by atoms with Crippen molar-refractivity contribution < 1.29 is 18.3 Å². The second-order valence-electron chi connectivity index (χ2n) is 6.14. The van der Waals surface area contributed by atoms with Crippen molar-refractivity contribution in [2.45, 2.75) is 64.6 Å². The fourth-order valence-corrected chi connectivity index (χ4v) is 3.00. The second kappa shape index (κ2) is 7.51. The van der Waals surface area contributed by atoms with E-state index in [-0.39, 0.29) is 19.1 Å². The molecule has 2 aliphatic rings. The minimum Gasteiger partial charge on any atom is -0.295 e. The molecule has 0 aromatic rings. The lowest BCUT2D eigenvalue weighted by Gasteiger charge is -2.29. The summed E-state index contributed by atoms with van der Waals surface area (Å²) in [5, 5.41) is 0. The molecule has 1 unspecified atom stereocenters. The molecule has 20 heavy (non-hydrogen) atoms. The van der Waals surface area contributed by atoms with E-state index >= 15 is 0 Å². The molecule has 0 aromatic carbocycles. The van der Waals surface area contributed by atoms with Gasteiger partial charge in [0.05, 0.1) is 13.2 Å². The number of hydrogen-bond donors (Lipinski definition) is 0. The number of hydrogen-bond acceptors (Lipinski definition) is 2. The first kappa shape index (κ1) is 15.9. The number of rotatable bonds is 6. The van der Waals surface area contributed by atoms with Gasteiger partial charge >= 0.3 is 6.29 Å². The van der Waals surface area contributed by atoms with Gasteiger partial charge in [0, 0.05) is 5.92 Å². The quantitative estimate of drug-likeness (QED) is 0.647. The van der Waals surface area contributed by atoms with Crippen LogP contribution in [0, 0.1) is 11.8 Å². The van der Waals surface area contributed by atoms with Gasteiger partial charge in [-0.2, -0.15) is 0 Å². The highest BCUT2D eigenvalue weighted by molar-refractivity contribution is 5.06. The van der Waals surface area contributed by atoms with Crippen LogP contribution >= 0.6 is 0 Å². The number of alkyl halides is 2. The Bertz CT molecular complexity index is 318. The Kier molecular flexibility index (Phi) is 5.97. The van der Waals surface area contributed by atoms with Crippen LogP contribution in [0.3, 0.4) is 0 Å². The fourth-order valence-electron chi connectivity index (χ4n) is 3.00. The molecule has 1 saturated heterocycles. The predicted octanol–water partition coefficient (Wildman–Crippen LogP) is 4.90. The fraction of sp³-hybridized carbons (Fsp3) is 0.875. The predicted molar refractivity (Wildman–Crippen MR) is 74.5 cm³/mol. The summed E-state index contributed by atoms with van der Waals surface area (Å²) >= 11 is 0. The van der Waals surface area contributed by atoms with Gasteiger partial charge in [0.25, 0.3) is 0 Å². The Morgan fingerprint density at radius 3 is 2.55 bits per heavy atom. The molecule has 4 heteroatoms. The van der Waals surface area contributed by atoms with Crippen LogP contribution in [0.2, 0.25) is 0 Å². The highest BCUT2D eigenvalue weighted by Gasteiger charge is 2.38. The SMILES string of the molecule is CCCCC1CC=C(CCC2COC(F)(F)OC2)CC1. The topological polar surface area (TPSA) is 18.5 Å². The summed E-state index contributed by atoms with van der Waals surface area (Å²) in [6.07, 6.45) is 8.53. The van der Waals surface area contributed by atoms with Crippen molar-refractivity contribution in [1.29, 1.82) is 0 Å². The largest absolute Gasteiger partial charge is 0.485 e. The highest BCUT2D eigenvalue weighted by atomic mass is 19.3. The van der Waals surface area contributed by atoms with Crippen molar-refractivity contribution in [3.8, 4) is 0 Å². The van der Waals surface area contributed by atoms with Gasteiger partial charge in [-0.3, -0.25) is 9.47 Å². The zero-order valence-electron chi connectivity index (χ0n) is 12.4. The molecule has 0 radical (unpaired) electrons. The lowest BCUT2D eigenvalue weighted by molar-refractivity contribution is -0.420. The van der Waals surface area contributed by atoms with Crippen molar-refractivity contribution in [1.82, 2.24) is 0 Å². The molecule has 1 fully saturated rings. The van der Waals surface area contributed by atoms with Gasteiger partial charge in [-0.05, 0) is 38.0 Å². The molecule has 116 valence electrons. The summed E-state index contributed by atoms with van der Waals surface area (Å²) in [6, 6.07) is 0. The van der Waals surface area contributed by atoms with Crippen molar-refractivity contribution in [2.24, 2.45) is 11.8 Å². The summed E-state index contributed by atoms with van der Waals surface area (Å²) in [5.74, 6) is 0.965. The van der Waals surface area contributed by atoms with Crippen LogP contribution in [0.15, 0.2) is 11.6 Å². The second-order valence-corrected chi connectivity index (χ2v) is 6.14. The minimum atomic E-state index is -3.37. The Morgan fingerprint density at radius 2 is 1.95 bits per heavy atom. The molecule has 1 aliphatic heterocycles. The van der Waals surface area contributed by atoms with Crippen LogP contribution in [0.4, 0.5) is 8.78 Å². The van der Waals surface area contributed by atoms with E-state index in [1.165, 1.54) is 44.1 Å². The molecule has 0 spiro atoms. The molecule has 0 N–H and O–H groups in total. The van der Waals surface area contributed by atoms with Crippen molar-refractivity contribution >= 4 is 0 Å². The third-order valence-electron chi connectivity index (χ3n) is 4.43. The lowest BCUT2D eigenvalue weighted by atomic mass is 9.84. The zero-order valence-corrected chi connectivity index (χ0v) is 12.4. The first-order valence-corrected chi connectivity index (χ1v) is 7.92. The van der Waals surface area contributed by atoms with E-state index in [1.807, 2.05) is 0 Å². The van der Waals surface area contributed by atoms with E-state index in [9.17, 15) is 8.78 Å². The number of unbranched alkanes of at least 4 members (excludes halogenated alkanes) is 1. The van der Waals surface area contributed by atoms with Crippen LogP contribution in [0.25, 0.3) is 0 Å². The van der Waals surface area contributed by atoms with E-state index in [1.54, 1.807) is 0 Å². The van der Waals surface area contributed by atoms with E-state index < -0.39 is 6.29 Å². The Hall–Kier alpha value is -0.480. The normalized spacial score (nSPS) is 27.4. The van der Waals surface area contributed by atoms with Gasteiger partial charge in [-0.15, -0.1) is 8.78 Å². The van der Waals surface area contributed by atoms with Crippen molar-refractivity contribution in [3.05, 3.63) is 11.6 Å². The molecule has 2 rings (SSSR count). The van der Waals surface area contributed by atoms with Crippen LogP contribution in [-0.2, 0) is 9.47 Å². The number of halogens is 2. The summed E-state index contributed by atoms with van der Waals surface area (Å²) in [5.41, 5.74) is 1.50. The van der Waals surface area contributed by atoms with Crippen LogP contribution in [-0.4, -0.2) is 19.5 Å².